The van der Waals surface area contributed by atoms with Gasteiger partial charge in [0.25, 0.3) is 0 Å². The summed E-state index contributed by atoms with van der Waals surface area (Å²) < 4.78 is 12.8. The molecule has 0 radical (unpaired) electrons. The van der Waals surface area contributed by atoms with E-state index in [1.807, 2.05) is 22.8 Å². The molecule has 0 bridgehead atoms. The van der Waals surface area contributed by atoms with Crippen LogP contribution >= 0.6 is 0 Å². The molecule has 2 aromatic heterocycles. The van der Waals surface area contributed by atoms with E-state index >= 15 is 0 Å². The molecule has 172 valence electrons. The van der Waals surface area contributed by atoms with E-state index in [1.54, 1.807) is 13.4 Å². The van der Waals surface area contributed by atoms with Gasteiger partial charge in [-0.1, -0.05) is 29.8 Å². The van der Waals surface area contributed by atoms with Gasteiger partial charge in [0.1, 0.15) is 5.52 Å². The number of imidazole rings is 1. The molecule has 0 aliphatic carbocycles. The van der Waals surface area contributed by atoms with Crippen molar-refractivity contribution in [3.8, 4) is 0 Å². The van der Waals surface area contributed by atoms with Crippen molar-refractivity contribution in [1.29, 1.82) is 0 Å². The Hall–Kier alpha value is -3.30. The lowest BCUT2D eigenvalue weighted by Crippen LogP contribution is -2.37. The first-order valence-corrected chi connectivity index (χ1v) is 11.3. The summed E-state index contributed by atoms with van der Waals surface area (Å²) in [6.07, 6.45) is 2.79. The van der Waals surface area contributed by atoms with Crippen molar-refractivity contribution >= 4 is 34.3 Å². The minimum Gasteiger partial charge on any atom is -0.383 e. The van der Waals surface area contributed by atoms with E-state index in [9.17, 15) is 4.79 Å². The number of nitrogens with zero attached hydrogens (tertiary/aromatic N) is 6. The number of benzene rings is 1. The number of ether oxygens (including phenoxy) is 2. The van der Waals surface area contributed by atoms with Crippen LogP contribution < -0.4 is 9.91 Å². The van der Waals surface area contributed by atoms with Crippen molar-refractivity contribution in [1.82, 2.24) is 14.5 Å². The highest BCUT2D eigenvalue weighted by molar-refractivity contribution is 6.09. The second kappa shape index (κ2) is 9.29. The molecule has 2 aliphatic rings. The Bertz CT molecular complexity index is 1200. The number of anilines is 2. The third kappa shape index (κ3) is 4.34. The molecule has 4 heterocycles. The second-order valence-electron chi connectivity index (χ2n) is 8.32. The van der Waals surface area contributed by atoms with Crippen LogP contribution in [0, 0.1) is 6.92 Å². The second-order valence-corrected chi connectivity index (χ2v) is 8.32. The molecule has 1 fully saturated rings. The highest BCUT2D eigenvalue weighted by Crippen LogP contribution is 2.32. The number of hydrogen-bond acceptors (Lipinski definition) is 7. The molecule has 0 unspecified atom stereocenters. The normalized spacial score (nSPS) is 17.0. The average Bonchev–Trinajstić information content (AvgIpc) is 3.26. The number of aryl methyl sites for hydroxylation is 1. The maximum Gasteiger partial charge on any atom is 0.249 e. The summed E-state index contributed by atoms with van der Waals surface area (Å²) in [6.45, 7) is 6.05. The SMILES string of the molecule is COCCn1cnc2c(N3CCOCC3)cc(N3N=C(c4cccc(C)c4)CCC3=O)nc21. The Morgan fingerprint density at radius 3 is 2.79 bits per heavy atom. The van der Waals surface area contributed by atoms with Gasteiger partial charge in [-0.2, -0.15) is 10.1 Å². The molecule has 0 saturated carbocycles. The summed E-state index contributed by atoms with van der Waals surface area (Å²) in [4.78, 5) is 24.7. The predicted octanol–water partition coefficient (Wildman–Crippen LogP) is 2.75. The third-order valence-electron chi connectivity index (χ3n) is 6.03. The number of pyridine rings is 1. The lowest BCUT2D eigenvalue weighted by Gasteiger charge is -2.30. The molecule has 9 nitrogen and oxygen atoms in total. The number of aromatic nitrogens is 3. The summed E-state index contributed by atoms with van der Waals surface area (Å²) in [7, 11) is 1.67. The van der Waals surface area contributed by atoms with E-state index in [0.717, 1.165) is 46.8 Å². The van der Waals surface area contributed by atoms with Crippen LogP contribution in [0.5, 0.6) is 0 Å². The number of amides is 1. The van der Waals surface area contributed by atoms with Crippen LogP contribution in [0.25, 0.3) is 11.2 Å². The fraction of sp³-hybridized carbons (Fsp3) is 0.417. The molecule has 1 saturated heterocycles. The predicted molar refractivity (Wildman–Crippen MR) is 127 cm³/mol. The maximum atomic E-state index is 13.0. The lowest BCUT2D eigenvalue weighted by atomic mass is 10.0. The highest BCUT2D eigenvalue weighted by atomic mass is 16.5. The van der Waals surface area contributed by atoms with Gasteiger partial charge in [0.2, 0.25) is 5.91 Å². The molecule has 3 aromatic rings. The van der Waals surface area contributed by atoms with Crippen LogP contribution in [0.3, 0.4) is 0 Å². The Morgan fingerprint density at radius 1 is 1.15 bits per heavy atom. The van der Waals surface area contributed by atoms with Crippen molar-refractivity contribution in [3.63, 3.8) is 0 Å². The lowest BCUT2D eigenvalue weighted by molar-refractivity contribution is -0.118. The van der Waals surface area contributed by atoms with Crippen LogP contribution in [0.4, 0.5) is 11.5 Å². The van der Waals surface area contributed by atoms with Crippen molar-refractivity contribution in [2.75, 3.05) is 49.9 Å². The zero-order valence-electron chi connectivity index (χ0n) is 19.0. The van der Waals surface area contributed by atoms with Crippen molar-refractivity contribution in [3.05, 3.63) is 47.8 Å². The van der Waals surface area contributed by atoms with Crippen LogP contribution in [-0.2, 0) is 20.8 Å². The van der Waals surface area contributed by atoms with Gasteiger partial charge in [0.15, 0.2) is 11.5 Å². The summed E-state index contributed by atoms with van der Waals surface area (Å²) in [6, 6.07) is 10.1. The number of fused-ring (bicyclic) bond motifs is 1. The first kappa shape index (κ1) is 21.5. The Balaban J connectivity index is 1.61. The van der Waals surface area contributed by atoms with Crippen LogP contribution in [0.1, 0.15) is 24.0 Å². The number of rotatable bonds is 6. The third-order valence-corrected chi connectivity index (χ3v) is 6.03. The molecule has 0 spiro atoms. The van der Waals surface area contributed by atoms with Gasteiger partial charge in [-0.05, 0) is 12.5 Å². The quantitative estimate of drug-likeness (QED) is 0.577. The monoisotopic (exact) mass is 448 g/mol. The van der Waals surface area contributed by atoms with Gasteiger partial charge in [0, 0.05) is 45.7 Å². The van der Waals surface area contributed by atoms with Crippen LogP contribution in [-0.4, -0.2) is 66.2 Å². The van der Waals surface area contributed by atoms with Gasteiger partial charge in [-0.15, -0.1) is 0 Å². The summed E-state index contributed by atoms with van der Waals surface area (Å²) >= 11 is 0. The average molecular weight is 449 g/mol. The van der Waals surface area contributed by atoms with Crippen LogP contribution in [0.2, 0.25) is 0 Å². The molecular formula is C24H28N6O3. The van der Waals surface area contributed by atoms with Gasteiger partial charge in [-0.25, -0.2) is 9.97 Å². The summed E-state index contributed by atoms with van der Waals surface area (Å²) in [5.74, 6) is 0.451. The first-order valence-electron chi connectivity index (χ1n) is 11.3. The molecule has 2 aliphatic heterocycles. The minimum atomic E-state index is -0.0610. The van der Waals surface area contributed by atoms with E-state index < -0.39 is 0 Å². The fourth-order valence-electron chi connectivity index (χ4n) is 4.28. The molecule has 1 aromatic carbocycles. The largest absolute Gasteiger partial charge is 0.383 e. The standard InChI is InChI=1S/C24H28N6O3/c1-17-4-3-5-18(14-17)19-6-7-22(31)30(27-19)21-15-20(28-9-12-33-13-10-28)23-24(26-21)29(16-25-23)8-11-32-2/h3-5,14-16H,6-13H2,1-2H3. The van der Waals surface area contributed by atoms with E-state index in [1.165, 1.54) is 5.01 Å². The van der Waals surface area contributed by atoms with E-state index in [2.05, 4.69) is 28.9 Å². The van der Waals surface area contributed by atoms with Crippen molar-refractivity contribution in [2.45, 2.75) is 26.3 Å². The van der Waals surface area contributed by atoms with Gasteiger partial charge >= 0.3 is 0 Å². The molecule has 0 atom stereocenters. The molecule has 9 heteroatoms. The molecule has 0 N–H and O–H groups in total. The number of carbonyl (C=O) groups excluding carboxylic acids is 1. The number of morpholine rings is 1. The Morgan fingerprint density at radius 2 is 2.00 bits per heavy atom. The maximum absolute atomic E-state index is 13.0. The van der Waals surface area contributed by atoms with E-state index in [0.29, 0.717) is 45.0 Å². The Labute approximate surface area is 192 Å². The smallest absolute Gasteiger partial charge is 0.249 e. The van der Waals surface area contributed by atoms with Gasteiger partial charge < -0.3 is 18.9 Å². The number of methoxy groups -OCH3 is 1. The van der Waals surface area contributed by atoms with Gasteiger partial charge in [-0.3, -0.25) is 4.79 Å². The van der Waals surface area contributed by atoms with E-state index in [-0.39, 0.29) is 5.91 Å². The molecule has 5 rings (SSSR count). The number of hydrogen-bond donors (Lipinski definition) is 0. The molecule has 33 heavy (non-hydrogen) atoms. The molecular weight excluding hydrogens is 420 g/mol. The zero-order valence-corrected chi connectivity index (χ0v) is 19.0. The molecule has 1 amide bonds. The van der Waals surface area contributed by atoms with Crippen molar-refractivity contribution < 1.29 is 14.3 Å². The highest BCUT2D eigenvalue weighted by Gasteiger charge is 2.27. The Kier molecular flexibility index (Phi) is 6.06. The van der Waals surface area contributed by atoms with Crippen molar-refractivity contribution in [2.24, 2.45) is 5.10 Å². The summed E-state index contributed by atoms with van der Waals surface area (Å²) in [5, 5.41) is 6.21. The number of hydrazone groups is 1. The zero-order chi connectivity index (χ0) is 22.8. The summed E-state index contributed by atoms with van der Waals surface area (Å²) in [5.41, 5.74) is 5.56. The topological polar surface area (TPSA) is 85.1 Å². The van der Waals surface area contributed by atoms with Crippen LogP contribution in [0.15, 0.2) is 41.8 Å². The minimum absolute atomic E-state index is 0.0610. The van der Waals surface area contributed by atoms with E-state index in [4.69, 9.17) is 19.6 Å². The fourth-order valence-corrected chi connectivity index (χ4v) is 4.28. The number of carbonyl (C=O) groups is 1. The first-order chi connectivity index (χ1) is 16.1. The van der Waals surface area contributed by atoms with Gasteiger partial charge in [0.05, 0.1) is 37.5 Å².